The van der Waals surface area contributed by atoms with Crippen LogP contribution in [0.4, 0.5) is 17.1 Å². The van der Waals surface area contributed by atoms with E-state index in [1.165, 1.54) is 0 Å². The molecule has 5 rings (SSSR count). The van der Waals surface area contributed by atoms with Crippen LogP contribution in [-0.2, 0) is 4.79 Å². The molecule has 1 atom stereocenters. The Morgan fingerprint density at radius 2 is 1.59 bits per heavy atom. The van der Waals surface area contributed by atoms with Crippen LogP contribution in [0, 0.1) is 6.92 Å². The zero-order chi connectivity index (χ0) is 27.5. The van der Waals surface area contributed by atoms with Crippen LogP contribution in [0.25, 0.3) is 0 Å². The minimum Gasteiger partial charge on any atom is -0.378 e. The first-order chi connectivity index (χ1) is 18.8. The van der Waals surface area contributed by atoms with Crippen molar-refractivity contribution in [1.82, 2.24) is 10.2 Å². The van der Waals surface area contributed by atoms with Gasteiger partial charge in [-0.15, -0.1) is 0 Å². The highest BCUT2D eigenvalue weighted by atomic mass is 16.2. The number of hydrogen-bond acceptors (Lipinski definition) is 5. The number of fused-ring (bicyclic) bond motifs is 1. The second-order valence-corrected chi connectivity index (χ2v) is 10.4. The van der Waals surface area contributed by atoms with Crippen molar-refractivity contribution in [3.8, 4) is 0 Å². The van der Waals surface area contributed by atoms with Gasteiger partial charge < -0.3 is 20.4 Å². The number of benzene rings is 3. The molecule has 1 fully saturated rings. The van der Waals surface area contributed by atoms with Gasteiger partial charge in [0, 0.05) is 50.5 Å². The summed E-state index contributed by atoms with van der Waals surface area (Å²) in [5.74, 6) is -0.489. The Morgan fingerprint density at radius 1 is 0.872 bits per heavy atom. The molecule has 0 bridgehead atoms. The molecule has 0 saturated carbocycles. The number of hydrogen-bond donors (Lipinski definition) is 2. The van der Waals surface area contributed by atoms with E-state index in [2.05, 4.69) is 10.6 Å². The van der Waals surface area contributed by atoms with Gasteiger partial charge in [0.1, 0.15) is 0 Å². The minimum atomic E-state index is -0.508. The average molecular weight is 526 g/mol. The van der Waals surface area contributed by atoms with Gasteiger partial charge in [-0.25, -0.2) is 0 Å². The molecule has 2 aliphatic rings. The summed E-state index contributed by atoms with van der Waals surface area (Å²) in [6.45, 7) is 4.95. The van der Waals surface area contributed by atoms with E-state index in [1.54, 1.807) is 23.1 Å². The summed E-state index contributed by atoms with van der Waals surface area (Å²) in [7, 11) is 3.90. The molecule has 2 heterocycles. The third-order valence-corrected chi connectivity index (χ3v) is 7.41. The maximum Gasteiger partial charge on any atom is 0.258 e. The summed E-state index contributed by atoms with van der Waals surface area (Å²) in [4.78, 5) is 46.2. The van der Waals surface area contributed by atoms with Crippen LogP contribution in [0.2, 0.25) is 0 Å². The SMILES string of the molecule is Cc1ccc(C2CC(=O)Nc3cc(C(=O)N4CCCNCC4)ccc3N2C(=O)c2ccc(N(C)C)cc2)cc1. The number of nitrogens with one attached hydrogen (secondary N) is 2. The van der Waals surface area contributed by atoms with Crippen LogP contribution in [0.15, 0.2) is 66.7 Å². The average Bonchev–Trinajstić information content (AvgIpc) is 3.30. The standard InChI is InChI=1S/C31H35N5O3/c1-21-5-7-22(8-6-21)28-20-29(37)33-26-19-24(30(38)35-17-4-15-32-16-18-35)11-14-27(26)36(28)31(39)23-9-12-25(13-10-23)34(2)3/h5-14,19,28,32H,4,15-18,20H2,1-3H3,(H,33,37). The van der Waals surface area contributed by atoms with Crippen molar-refractivity contribution in [3.63, 3.8) is 0 Å². The highest BCUT2D eigenvalue weighted by Gasteiger charge is 2.35. The Morgan fingerprint density at radius 3 is 2.31 bits per heavy atom. The van der Waals surface area contributed by atoms with Crippen LogP contribution in [0.1, 0.15) is 50.7 Å². The van der Waals surface area contributed by atoms with Gasteiger partial charge in [-0.2, -0.15) is 0 Å². The Kier molecular flexibility index (Phi) is 7.65. The quantitative estimate of drug-likeness (QED) is 0.533. The molecule has 0 radical (unpaired) electrons. The molecule has 8 nitrogen and oxygen atoms in total. The third kappa shape index (κ3) is 5.66. The first-order valence-corrected chi connectivity index (χ1v) is 13.4. The summed E-state index contributed by atoms with van der Waals surface area (Å²) in [5, 5.41) is 6.30. The van der Waals surface area contributed by atoms with Crippen LogP contribution >= 0.6 is 0 Å². The lowest BCUT2D eigenvalue weighted by molar-refractivity contribution is -0.116. The largest absolute Gasteiger partial charge is 0.378 e. The number of aryl methyl sites for hydroxylation is 1. The van der Waals surface area contributed by atoms with E-state index in [1.807, 2.05) is 79.3 Å². The molecular weight excluding hydrogens is 490 g/mol. The van der Waals surface area contributed by atoms with E-state index in [9.17, 15) is 14.4 Å². The summed E-state index contributed by atoms with van der Waals surface area (Å²) in [6.07, 6.45) is 0.987. The lowest BCUT2D eigenvalue weighted by atomic mass is 9.98. The molecule has 1 saturated heterocycles. The zero-order valence-electron chi connectivity index (χ0n) is 22.7. The van der Waals surface area contributed by atoms with Crippen molar-refractivity contribution >= 4 is 34.8 Å². The summed E-state index contributed by atoms with van der Waals surface area (Å²) < 4.78 is 0. The topological polar surface area (TPSA) is 85.0 Å². The molecule has 3 amide bonds. The maximum absolute atomic E-state index is 14.1. The zero-order valence-corrected chi connectivity index (χ0v) is 22.7. The minimum absolute atomic E-state index is 0.0766. The Hall–Kier alpha value is -4.17. The summed E-state index contributed by atoms with van der Waals surface area (Å²) in [6, 6.07) is 20.1. The molecule has 8 heteroatoms. The first kappa shape index (κ1) is 26.4. The van der Waals surface area contributed by atoms with Gasteiger partial charge in [0.2, 0.25) is 5.91 Å². The predicted octanol–water partition coefficient (Wildman–Crippen LogP) is 4.23. The van der Waals surface area contributed by atoms with E-state index in [-0.39, 0.29) is 24.1 Å². The number of carbonyl (C=O) groups excluding carboxylic acids is 3. The van der Waals surface area contributed by atoms with E-state index in [0.29, 0.717) is 35.6 Å². The van der Waals surface area contributed by atoms with Gasteiger partial charge >= 0.3 is 0 Å². The maximum atomic E-state index is 14.1. The van der Waals surface area contributed by atoms with E-state index >= 15 is 0 Å². The van der Waals surface area contributed by atoms with Gasteiger partial charge in [0.25, 0.3) is 11.8 Å². The van der Waals surface area contributed by atoms with Crippen molar-refractivity contribution in [3.05, 3.63) is 89.0 Å². The van der Waals surface area contributed by atoms with E-state index in [0.717, 1.165) is 36.3 Å². The normalized spacial score (nSPS) is 17.5. The van der Waals surface area contributed by atoms with Crippen LogP contribution < -0.4 is 20.4 Å². The molecule has 39 heavy (non-hydrogen) atoms. The monoisotopic (exact) mass is 525 g/mol. The smallest absolute Gasteiger partial charge is 0.258 e. The molecule has 3 aromatic rings. The van der Waals surface area contributed by atoms with Crippen LogP contribution in [0.3, 0.4) is 0 Å². The van der Waals surface area contributed by atoms with Gasteiger partial charge in [-0.3, -0.25) is 19.3 Å². The molecule has 0 aromatic heterocycles. The van der Waals surface area contributed by atoms with Crippen LogP contribution in [-0.4, -0.2) is 62.9 Å². The fraction of sp³-hybridized carbons (Fsp3) is 0.323. The molecule has 2 N–H and O–H groups in total. The van der Waals surface area contributed by atoms with Crippen molar-refractivity contribution in [2.75, 3.05) is 55.4 Å². The summed E-state index contributed by atoms with van der Waals surface area (Å²) in [5.41, 5.74) is 5.01. The lowest BCUT2D eigenvalue weighted by Crippen LogP contribution is -2.35. The van der Waals surface area contributed by atoms with E-state index < -0.39 is 6.04 Å². The Balaban J connectivity index is 1.57. The second kappa shape index (κ2) is 11.3. The number of nitrogens with zero attached hydrogens (tertiary/aromatic N) is 3. The Bertz CT molecular complexity index is 1360. The predicted molar refractivity (Wildman–Crippen MR) is 155 cm³/mol. The number of rotatable bonds is 4. The van der Waals surface area contributed by atoms with Crippen molar-refractivity contribution in [2.24, 2.45) is 0 Å². The highest BCUT2D eigenvalue weighted by Crippen LogP contribution is 2.40. The third-order valence-electron chi connectivity index (χ3n) is 7.41. The van der Waals surface area contributed by atoms with Crippen molar-refractivity contribution < 1.29 is 14.4 Å². The molecule has 0 aliphatic carbocycles. The molecule has 2 aliphatic heterocycles. The van der Waals surface area contributed by atoms with Crippen molar-refractivity contribution in [1.29, 1.82) is 0 Å². The van der Waals surface area contributed by atoms with Gasteiger partial charge in [0.05, 0.1) is 23.8 Å². The lowest BCUT2D eigenvalue weighted by Gasteiger charge is -2.31. The van der Waals surface area contributed by atoms with Gasteiger partial charge in [0.15, 0.2) is 0 Å². The van der Waals surface area contributed by atoms with Crippen LogP contribution in [0.5, 0.6) is 0 Å². The molecule has 1 unspecified atom stereocenters. The van der Waals surface area contributed by atoms with Gasteiger partial charge in [-0.05, 0) is 67.9 Å². The van der Waals surface area contributed by atoms with Crippen molar-refractivity contribution in [2.45, 2.75) is 25.8 Å². The molecule has 202 valence electrons. The number of anilines is 3. The summed E-state index contributed by atoms with van der Waals surface area (Å²) >= 11 is 0. The molecule has 0 spiro atoms. The van der Waals surface area contributed by atoms with E-state index in [4.69, 9.17) is 0 Å². The first-order valence-electron chi connectivity index (χ1n) is 13.4. The van der Waals surface area contributed by atoms with Gasteiger partial charge in [-0.1, -0.05) is 29.8 Å². The number of carbonyl (C=O) groups is 3. The number of amides is 3. The highest BCUT2D eigenvalue weighted by molar-refractivity contribution is 6.12. The molecular formula is C31H35N5O3. The fourth-order valence-electron chi connectivity index (χ4n) is 5.19. The molecule has 3 aromatic carbocycles. The Labute approximate surface area is 229 Å². The second-order valence-electron chi connectivity index (χ2n) is 10.4. The fourth-order valence-corrected chi connectivity index (χ4v) is 5.19.